The number of nitrogens with zero attached hydrogens (tertiary/aromatic N) is 1. The lowest BCUT2D eigenvalue weighted by molar-refractivity contribution is -0.386. The largest absolute Gasteiger partial charge is 0.502 e. The van der Waals surface area contributed by atoms with Crippen LogP contribution in [-0.2, 0) is 4.79 Å². The number of nitrogens with one attached hydrogen (secondary N) is 1. The van der Waals surface area contributed by atoms with E-state index in [1.807, 2.05) is 0 Å². The molecular formula is C11H13FN2O6. The number of benzene rings is 1. The Morgan fingerprint density at radius 1 is 1.50 bits per heavy atom. The van der Waals surface area contributed by atoms with Gasteiger partial charge in [-0.25, -0.2) is 4.39 Å². The Kier molecular flexibility index (Phi) is 4.94. The molecule has 0 radical (unpaired) electrons. The van der Waals surface area contributed by atoms with Crippen LogP contribution in [0, 0.1) is 15.9 Å². The molecule has 1 aromatic rings. The number of hydrogen-bond acceptors (Lipinski definition) is 6. The lowest BCUT2D eigenvalue weighted by Gasteiger charge is -2.18. The molecule has 0 saturated carbocycles. The predicted molar refractivity (Wildman–Crippen MR) is 64.4 cm³/mol. The second kappa shape index (κ2) is 6.26. The first-order valence-electron chi connectivity index (χ1n) is 5.51. The van der Waals surface area contributed by atoms with E-state index in [1.165, 1.54) is 6.92 Å². The average molecular weight is 288 g/mol. The molecule has 9 heteroatoms. The van der Waals surface area contributed by atoms with Crippen molar-refractivity contribution in [3.05, 3.63) is 33.6 Å². The van der Waals surface area contributed by atoms with Gasteiger partial charge in [0.15, 0.2) is 5.75 Å². The lowest BCUT2D eigenvalue weighted by Crippen LogP contribution is -2.34. The highest BCUT2D eigenvalue weighted by Gasteiger charge is 2.26. The molecule has 2 unspecified atom stereocenters. The maximum absolute atomic E-state index is 13.6. The van der Waals surface area contributed by atoms with E-state index in [4.69, 9.17) is 0 Å². The summed E-state index contributed by atoms with van der Waals surface area (Å²) in [6.45, 7) is 0.829. The maximum atomic E-state index is 13.6. The summed E-state index contributed by atoms with van der Waals surface area (Å²) in [6, 6.07) is 1.11. The molecule has 1 rings (SSSR count). The molecule has 2 atom stereocenters. The summed E-state index contributed by atoms with van der Waals surface area (Å²) in [7, 11) is 0. The summed E-state index contributed by atoms with van der Waals surface area (Å²) >= 11 is 0. The van der Waals surface area contributed by atoms with E-state index in [1.54, 1.807) is 0 Å². The van der Waals surface area contributed by atoms with Gasteiger partial charge in [-0.1, -0.05) is 0 Å². The quantitative estimate of drug-likeness (QED) is 0.444. The number of aliphatic hydroxyl groups excluding tert-OH is 2. The van der Waals surface area contributed by atoms with Gasteiger partial charge in [0.1, 0.15) is 18.0 Å². The molecule has 1 aromatic carbocycles. The fraction of sp³-hybridized carbons (Fsp3) is 0.364. The molecule has 110 valence electrons. The van der Waals surface area contributed by atoms with Crippen molar-refractivity contribution in [1.29, 1.82) is 0 Å². The second-order valence-corrected chi connectivity index (χ2v) is 4.07. The van der Waals surface area contributed by atoms with Crippen molar-refractivity contribution >= 4 is 11.6 Å². The number of aliphatic hydroxyl groups is 2. The number of phenolic OH excluding ortho intramolecular Hbond substituents is 1. The van der Waals surface area contributed by atoms with Gasteiger partial charge in [0.05, 0.1) is 4.92 Å². The Labute approximate surface area is 112 Å². The third-order valence-corrected chi connectivity index (χ3v) is 2.53. The van der Waals surface area contributed by atoms with Crippen LogP contribution in [0.15, 0.2) is 12.1 Å². The van der Waals surface area contributed by atoms with Crippen LogP contribution in [0.2, 0.25) is 0 Å². The van der Waals surface area contributed by atoms with E-state index in [0.717, 1.165) is 0 Å². The highest BCUT2D eigenvalue weighted by Crippen LogP contribution is 2.32. The van der Waals surface area contributed by atoms with Crippen LogP contribution in [0.1, 0.15) is 18.6 Å². The highest BCUT2D eigenvalue weighted by atomic mass is 19.1. The van der Waals surface area contributed by atoms with E-state index < -0.39 is 45.9 Å². The number of rotatable bonds is 5. The number of carbonyl (C=O) groups is 1. The molecule has 0 saturated heterocycles. The van der Waals surface area contributed by atoms with Gasteiger partial charge in [-0.2, -0.15) is 0 Å². The van der Waals surface area contributed by atoms with E-state index in [9.17, 15) is 34.6 Å². The third kappa shape index (κ3) is 3.62. The van der Waals surface area contributed by atoms with Crippen molar-refractivity contribution in [3.63, 3.8) is 0 Å². The number of hydrogen-bond donors (Lipinski definition) is 4. The molecule has 0 spiro atoms. The van der Waals surface area contributed by atoms with Gasteiger partial charge in [-0.05, 0) is 0 Å². The first-order valence-corrected chi connectivity index (χ1v) is 5.51. The topological polar surface area (TPSA) is 133 Å². The molecule has 0 fully saturated rings. The van der Waals surface area contributed by atoms with E-state index in [0.29, 0.717) is 12.1 Å². The zero-order valence-electron chi connectivity index (χ0n) is 10.4. The van der Waals surface area contributed by atoms with E-state index in [-0.39, 0.29) is 6.54 Å². The Morgan fingerprint density at radius 2 is 2.10 bits per heavy atom. The van der Waals surface area contributed by atoms with Gasteiger partial charge in [-0.3, -0.25) is 14.9 Å². The first-order chi connectivity index (χ1) is 9.23. The molecular weight excluding hydrogens is 275 g/mol. The third-order valence-electron chi connectivity index (χ3n) is 2.53. The molecule has 0 aliphatic heterocycles. The summed E-state index contributed by atoms with van der Waals surface area (Å²) in [4.78, 5) is 20.3. The molecule has 20 heavy (non-hydrogen) atoms. The van der Waals surface area contributed by atoms with Gasteiger partial charge in [0.25, 0.3) is 0 Å². The van der Waals surface area contributed by atoms with Gasteiger partial charge in [0, 0.05) is 31.2 Å². The van der Waals surface area contributed by atoms with Crippen LogP contribution >= 0.6 is 0 Å². The minimum Gasteiger partial charge on any atom is -0.502 e. The summed E-state index contributed by atoms with van der Waals surface area (Å²) in [5.74, 6) is -2.46. The highest BCUT2D eigenvalue weighted by molar-refractivity contribution is 5.72. The van der Waals surface area contributed by atoms with Crippen molar-refractivity contribution in [3.8, 4) is 5.75 Å². The number of carbonyl (C=O) groups excluding carboxylic acids is 1. The zero-order valence-corrected chi connectivity index (χ0v) is 10.4. The van der Waals surface area contributed by atoms with Crippen molar-refractivity contribution in [2.24, 2.45) is 0 Å². The molecule has 0 heterocycles. The monoisotopic (exact) mass is 288 g/mol. The number of aromatic hydroxyl groups is 1. The molecule has 4 N–H and O–H groups in total. The van der Waals surface area contributed by atoms with Crippen LogP contribution in [0.5, 0.6) is 5.75 Å². The number of amides is 1. The van der Waals surface area contributed by atoms with E-state index >= 15 is 0 Å². The Morgan fingerprint density at radius 3 is 2.60 bits per heavy atom. The van der Waals surface area contributed by atoms with E-state index in [2.05, 4.69) is 5.32 Å². The SMILES string of the molecule is CC(=O)NCC(O)C(O)c1cc([N+](=O)[O-])c(O)cc1F. The van der Waals surface area contributed by atoms with Crippen LogP contribution in [0.4, 0.5) is 10.1 Å². The van der Waals surface area contributed by atoms with Crippen molar-refractivity contribution < 1.29 is 29.4 Å². The number of nitro benzene ring substituents is 1. The number of phenols is 1. The Bertz CT molecular complexity index is 536. The maximum Gasteiger partial charge on any atom is 0.311 e. The number of halogens is 1. The lowest BCUT2D eigenvalue weighted by atomic mass is 10.0. The summed E-state index contributed by atoms with van der Waals surface area (Å²) in [5, 5.41) is 41.3. The van der Waals surface area contributed by atoms with Crippen LogP contribution in [0.25, 0.3) is 0 Å². The molecule has 0 aromatic heterocycles. The van der Waals surface area contributed by atoms with Crippen LogP contribution < -0.4 is 5.32 Å². The van der Waals surface area contributed by atoms with Crippen molar-refractivity contribution in [2.45, 2.75) is 19.1 Å². The molecule has 0 aliphatic carbocycles. The van der Waals surface area contributed by atoms with Crippen molar-refractivity contribution in [2.75, 3.05) is 6.54 Å². The molecule has 8 nitrogen and oxygen atoms in total. The fourth-order valence-corrected chi connectivity index (χ4v) is 1.51. The minimum atomic E-state index is -1.79. The minimum absolute atomic E-state index is 0.357. The summed E-state index contributed by atoms with van der Waals surface area (Å²) in [6.07, 6.45) is -3.35. The molecule has 1 amide bonds. The van der Waals surface area contributed by atoms with Crippen LogP contribution in [-0.4, -0.2) is 38.8 Å². The molecule has 0 bridgehead atoms. The smallest absolute Gasteiger partial charge is 0.311 e. The van der Waals surface area contributed by atoms with Gasteiger partial charge >= 0.3 is 5.69 Å². The van der Waals surface area contributed by atoms with Crippen LogP contribution in [0.3, 0.4) is 0 Å². The Balaban J connectivity index is 3.02. The van der Waals surface area contributed by atoms with Gasteiger partial charge in [-0.15, -0.1) is 0 Å². The standard InChI is InChI=1S/C11H13FN2O6/c1-5(15)13-4-10(17)11(18)6-2-8(14(19)20)9(16)3-7(6)12/h2-3,10-11,16-18H,4H2,1H3,(H,13,15). The number of nitro groups is 1. The zero-order chi connectivity index (χ0) is 15.4. The molecule has 0 aliphatic rings. The predicted octanol–water partition coefficient (Wildman–Crippen LogP) is -0.0301. The normalized spacial score (nSPS) is 13.6. The Hall–Kier alpha value is -2.26. The summed E-state index contributed by atoms with van der Waals surface area (Å²) < 4.78 is 13.6. The van der Waals surface area contributed by atoms with Crippen molar-refractivity contribution in [1.82, 2.24) is 5.32 Å². The average Bonchev–Trinajstić information content (AvgIpc) is 2.34. The first kappa shape index (κ1) is 15.8. The van der Waals surface area contributed by atoms with Gasteiger partial charge < -0.3 is 20.6 Å². The summed E-state index contributed by atoms with van der Waals surface area (Å²) in [5.41, 5.74) is -1.35. The fourth-order valence-electron chi connectivity index (χ4n) is 1.51. The second-order valence-electron chi connectivity index (χ2n) is 4.07. The van der Waals surface area contributed by atoms with Gasteiger partial charge in [0.2, 0.25) is 5.91 Å².